The first-order chi connectivity index (χ1) is 16.3. The smallest absolute Gasteiger partial charge is 0.465 e. The second-order valence-corrected chi connectivity index (χ2v) is 34.1. The van der Waals surface area contributed by atoms with Crippen LogP contribution in [-0.2, 0) is 58.9 Å². The summed E-state index contributed by atoms with van der Waals surface area (Å²) in [5, 5.41) is 0. The SMILES string of the molecule is CC(C)C(=O)OCCC[Si]12O[Si]3(C)O[Si]4(C)O[Si]5(C)O[Si](C)(O3)O[Si](C)(O[Si](C)(O5)O[Si](C)(O4)O1)O2. The summed E-state index contributed by atoms with van der Waals surface area (Å²) in [6.07, 6.45) is 0.400. The van der Waals surface area contributed by atoms with Gasteiger partial charge in [0, 0.05) is 51.9 Å². The van der Waals surface area contributed by atoms with E-state index in [4.69, 9.17) is 54.1 Å². The molecule has 6 saturated heterocycles. The predicted molar refractivity (Wildman–Crippen MR) is 135 cm³/mol. The number of ether oxygens (including phenoxy) is 1. The minimum absolute atomic E-state index is 0.159. The van der Waals surface area contributed by atoms with Gasteiger partial charge < -0.3 is 54.1 Å². The van der Waals surface area contributed by atoms with Crippen molar-refractivity contribution in [3.8, 4) is 0 Å². The average Bonchev–Trinajstić information content (AvgIpc) is 2.56. The van der Waals surface area contributed by atoms with Crippen molar-refractivity contribution in [1.29, 1.82) is 0 Å². The topological polar surface area (TPSA) is 137 Å². The molecule has 6 heterocycles. The number of carbonyl (C=O) groups is 1. The molecular formula is C14H34O14Si8. The molecule has 0 spiro atoms. The van der Waals surface area contributed by atoms with E-state index in [1.807, 2.05) is 0 Å². The molecule has 0 aromatic heterocycles. The number of carbonyl (C=O) groups excluding carboxylic acids is 1. The fourth-order valence-corrected chi connectivity index (χ4v) is 51.0. The summed E-state index contributed by atoms with van der Waals surface area (Å²) in [6, 6.07) is 0.266. The van der Waals surface area contributed by atoms with Crippen molar-refractivity contribution < 1.29 is 58.9 Å². The van der Waals surface area contributed by atoms with Gasteiger partial charge in [-0.2, -0.15) is 0 Å². The molecule has 0 aromatic rings. The summed E-state index contributed by atoms with van der Waals surface area (Å²) < 4.78 is 84.2. The van der Waals surface area contributed by atoms with Gasteiger partial charge in [0.05, 0.1) is 12.5 Å². The molecule has 0 saturated carbocycles. The van der Waals surface area contributed by atoms with Crippen LogP contribution in [0.4, 0.5) is 0 Å². The Kier molecular flexibility index (Phi) is 6.76. The molecule has 36 heavy (non-hydrogen) atoms. The molecule has 0 atom stereocenters. The molecular weight excluding hydrogens is 617 g/mol. The van der Waals surface area contributed by atoms with E-state index >= 15 is 0 Å². The summed E-state index contributed by atoms with van der Waals surface area (Å²) in [5.41, 5.74) is 0. The first kappa shape index (κ1) is 28.3. The summed E-state index contributed by atoms with van der Waals surface area (Å²) in [6.45, 7) is 15.8. The first-order valence-corrected chi connectivity index (χ1v) is 29.4. The van der Waals surface area contributed by atoms with E-state index in [0.717, 1.165) is 0 Å². The van der Waals surface area contributed by atoms with E-state index in [2.05, 4.69) is 0 Å². The highest BCUT2D eigenvalue weighted by Crippen LogP contribution is 2.48. The van der Waals surface area contributed by atoms with Gasteiger partial charge in [0.2, 0.25) is 0 Å². The van der Waals surface area contributed by atoms with Crippen LogP contribution >= 0.6 is 0 Å². The minimum Gasteiger partial charge on any atom is -0.465 e. The summed E-state index contributed by atoms with van der Waals surface area (Å²) in [4.78, 5) is 12.0. The molecule has 0 aromatic carbocycles. The van der Waals surface area contributed by atoms with Crippen LogP contribution < -0.4 is 0 Å². The maximum Gasteiger partial charge on any atom is 0.478 e. The molecule has 206 valence electrons. The third-order valence-electron chi connectivity index (χ3n) is 5.70. The first-order valence-electron chi connectivity index (χ1n) is 11.9. The van der Waals surface area contributed by atoms with E-state index in [-0.39, 0.29) is 24.5 Å². The van der Waals surface area contributed by atoms with Gasteiger partial charge in [-0.3, -0.25) is 4.79 Å². The van der Waals surface area contributed by atoms with Crippen molar-refractivity contribution in [3.63, 3.8) is 0 Å². The molecule has 6 aliphatic heterocycles. The van der Waals surface area contributed by atoms with Gasteiger partial charge in [0.1, 0.15) is 0 Å². The van der Waals surface area contributed by atoms with Crippen molar-refractivity contribution in [2.24, 2.45) is 5.92 Å². The Labute approximate surface area is 219 Å². The second kappa shape index (κ2) is 8.61. The van der Waals surface area contributed by atoms with Gasteiger partial charge in [0.15, 0.2) is 0 Å². The molecule has 0 amide bonds. The predicted octanol–water partition coefficient (Wildman–Crippen LogP) is 1.76. The third kappa shape index (κ3) is 5.50. The quantitative estimate of drug-likeness (QED) is 0.243. The van der Waals surface area contributed by atoms with Crippen molar-refractivity contribution in [3.05, 3.63) is 0 Å². The molecule has 0 radical (unpaired) electrons. The van der Waals surface area contributed by atoms with Gasteiger partial charge >= 0.3 is 76.4 Å². The van der Waals surface area contributed by atoms with Gasteiger partial charge in [-0.15, -0.1) is 0 Å². The van der Waals surface area contributed by atoms with Crippen LogP contribution in [0, 0.1) is 5.92 Å². The van der Waals surface area contributed by atoms with E-state index < -0.39 is 70.4 Å². The van der Waals surface area contributed by atoms with Gasteiger partial charge in [-0.05, 0) is 6.42 Å². The Balaban J connectivity index is 1.58. The molecule has 14 nitrogen and oxygen atoms in total. The summed E-state index contributed by atoms with van der Waals surface area (Å²) in [5.74, 6) is -0.521. The average molecular weight is 651 g/mol. The standard InChI is InChI=1S/C14H34O14Si8/c1-13(2)14(15)16-11-10-12-36-26-33(7)20-30(4)17-29(3)18-31(5,22-33)24-35(9,28-36)25-32(6,19-29)23-34(8,21-30)27-36/h13H,10-12H2,1-9H3. The maximum absolute atomic E-state index is 12.0. The maximum atomic E-state index is 12.0. The molecule has 6 aliphatic rings. The molecule has 0 aliphatic carbocycles. The van der Waals surface area contributed by atoms with Crippen molar-refractivity contribution in [1.82, 2.24) is 0 Å². The Morgan fingerprint density at radius 3 is 1.11 bits per heavy atom. The van der Waals surface area contributed by atoms with Crippen LogP contribution in [0.15, 0.2) is 0 Å². The third-order valence-corrected chi connectivity index (χ3v) is 41.5. The van der Waals surface area contributed by atoms with Crippen molar-refractivity contribution >= 4 is 76.4 Å². The highest BCUT2D eigenvalue weighted by Gasteiger charge is 2.78. The largest absolute Gasteiger partial charge is 0.478 e. The molecule has 6 fully saturated rings. The highest BCUT2D eigenvalue weighted by molar-refractivity contribution is 7.02. The number of esters is 1. The normalized spacial score (nSPS) is 53.9. The summed E-state index contributed by atoms with van der Waals surface area (Å²) in [7, 11) is -28.6. The lowest BCUT2D eigenvalue weighted by molar-refractivity contribution is -0.147. The monoisotopic (exact) mass is 650 g/mol. The Morgan fingerprint density at radius 1 is 0.556 bits per heavy atom. The Morgan fingerprint density at radius 2 is 0.833 bits per heavy atom. The molecule has 0 unspecified atom stereocenters. The van der Waals surface area contributed by atoms with Crippen LogP contribution in [-0.4, -0.2) is 83.0 Å². The molecule has 8 bridgehead atoms. The Hall–Kier alpha value is 0.725. The highest BCUT2D eigenvalue weighted by atomic mass is 28.6. The van der Waals surface area contributed by atoms with E-state index in [1.54, 1.807) is 59.7 Å². The Bertz CT molecular complexity index is 828. The molecule has 6 rings (SSSR count). The van der Waals surface area contributed by atoms with Crippen molar-refractivity contribution in [2.45, 2.75) is 72.1 Å². The molecule has 22 heteroatoms. The van der Waals surface area contributed by atoms with Crippen LogP contribution in [0.25, 0.3) is 0 Å². The zero-order valence-electron chi connectivity index (χ0n) is 21.9. The minimum atomic E-state index is -3.73. The van der Waals surface area contributed by atoms with Crippen LogP contribution in [0.2, 0.25) is 51.9 Å². The van der Waals surface area contributed by atoms with Crippen LogP contribution in [0.5, 0.6) is 0 Å². The van der Waals surface area contributed by atoms with E-state index in [1.165, 1.54) is 0 Å². The number of hydrogen-bond acceptors (Lipinski definition) is 14. The lowest BCUT2D eigenvalue weighted by Crippen LogP contribution is -2.86. The van der Waals surface area contributed by atoms with E-state index in [0.29, 0.717) is 6.42 Å². The second-order valence-electron chi connectivity index (χ2n) is 10.4. The number of hydrogen-bond donors (Lipinski definition) is 0. The van der Waals surface area contributed by atoms with Crippen molar-refractivity contribution in [2.75, 3.05) is 6.61 Å². The summed E-state index contributed by atoms with van der Waals surface area (Å²) >= 11 is 0. The van der Waals surface area contributed by atoms with Gasteiger partial charge in [-0.1, -0.05) is 13.8 Å². The van der Waals surface area contributed by atoms with Crippen LogP contribution in [0.3, 0.4) is 0 Å². The van der Waals surface area contributed by atoms with Gasteiger partial charge in [0.25, 0.3) is 0 Å². The lowest BCUT2D eigenvalue weighted by Gasteiger charge is -2.60. The van der Waals surface area contributed by atoms with Gasteiger partial charge in [-0.25, -0.2) is 0 Å². The fraction of sp³-hybridized carbons (Fsp3) is 0.929. The fourth-order valence-electron chi connectivity index (χ4n) is 5.16. The zero-order chi connectivity index (χ0) is 26.5. The number of rotatable bonds is 5. The van der Waals surface area contributed by atoms with E-state index in [9.17, 15) is 4.79 Å². The molecule has 0 N–H and O–H groups in total. The van der Waals surface area contributed by atoms with Crippen LogP contribution in [0.1, 0.15) is 20.3 Å². The lowest BCUT2D eigenvalue weighted by atomic mass is 10.2. The zero-order valence-corrected chi connectivity index (χ0v) is 29.9.